The molecule has 13 heavy (non-hydrogen) atoms. The minimum atomic E-state index is 0.167. The van der Waals surface area contributed by atoms with Crippen molar-refractivity contribution in [2.75, 3.05) is 13.1 Å². The number of carbonyl (C=O) groups excluding carboxylic acids is 1. The van der Waals surface area contributed by atoms with Gasteiger partial charge in [0.25, 0.3) is 0 Å². The van der Waals surface area contributed by atoms with Gasteiger partial charge in [-0.3, -0.25) is 4.79 Å². The highest BCUT2D eigenvalue weighted by molar-refractivity contribution is 5.87. The summed E-state index contributed by atoms with van der Waals surface area (Å²) < 4.78 is 0. The monoisotopic (exact) mass is 181 g/mol. The molecule has 0 bridgehead atoms. The van der Waals surface area contributed by atoms with Gasteiger partial charge in [-0.05, 0) is 31.3 Å². The van der Waals surface area contributed by atoms with Crippen molar-refractivity contribution in [1.29, 1.82) is 0 Å². The Kier molecular flexibility index (Phi) is 3.52. The topological polar surface area (TPSA) is 20.3 Å². The van der Waals surface area contributed by atoms with Gasteiger partial charge in [0.15, 0.2) is 0 Å². The number of allylic oxidation sites excluding steroid dienone is 1. The molecular formula is C11H19NO. The van der Waals surface area contributed by atoms with Crippen molar-refractivity contribution < 1.29 is 4.79 Å². The maximum Gasteiger partial charge on any atom is 0.246 e. The summed E-state index contributed by atoms with van der Waals surface area (Å²) in [5.74, 6) is 1.47. The zero-order valence-corrected chi connectivity index (χ0v) is 8.79. The zero-order valence-electron chi connectivity index (χ0n) is 8.79. The van der Waals surface area contributed by atoms with Crippen LogP contribution in [0.25, 0.3) is 0 Å². The fourth-order valence-electron chi connectivity index (χ4n) is 2.09. The standard InChI is InChI=1S/C11H19NO/c1-4-5-11(13)12-7-9(2)6-10(3)8-12/h4-5,9-10H,6-8H2,1-3H3/b5-4+. The van der Waals surface area contributed by atoms with Crippen LogP contribution in [0.1, 0.15) is 27.2 Å². The van der Waals surface area contributed by atoms with Gasteiger partial charge in [-0.15, -0.1) is 0 Å². The van der Waals surface area contributed by atoms with Crippen LogP contribution in [0.3, 0.4) is 0 Å². The number of amides is 1. The average Bonchev–Trinajstić information content (AvgIpc) is 2.03. The van der Waals surface area contributed by atoms with Gasteiger partial charge < -0.3 is 4.90 Å². The molecule has 1 saturated heterocycles. The minimum absolute atomic E-state index is 0.167. The van der Waals surface area contributed by atoms with Gasteiger partial charge in [-0.1, -0.05) is 19.9 Å². The summed E-state index contributed by atoms with van der Waals surface area (Å²) in [5.41, 5.74) is 0. The second kappa shape index (κ2) is 4.45. The number of hydrogen-bond donors (Lipinski definition) is 0. The SMILES string of the molecule is C/C=C/C(=O)N1CC(C)CC(C)C1. The fourth-order valence-corrected chi connectivity index (χ4v) is 2.09. The first-order valence-corrected chi connectivity index (χ1v) is 5.05. The van der Waals surface area contributed by atoms with E-state index in [0.717, 1.165) is 13.1 Å². The van der Waals surface area contributed by atoms with Crippen molar-refractivity contribution in [2.24, 2.45) is 11.8 Å². The molecule has 2 nitrogen and oxygen atoms in total. The van der Waals surface area contributed by atoms with Crippen molar-refractivity contribution in [2.45, 2.75) is 27.2 Å². The molecule has 2 heteroatoms. The van der Waals surface area contributed by atoms with Gasteiger partial charge in [-0.2, -0.15) is 0 Å². The van der Waals surface area contributed by atoms with Crippen LogP contribution in [0.2, 0.25) is 0 Å². The lowest BCUT2D eigenvalue weighted by molar-refractivity contribution is -0.128. The second-order valence-corrected chi connectivity index (χ2v) is 4.19. The van der Waals surface area contributed by atoms with Crippen LogP contribution in [0, 0.1) is 11.8 Å². The largest absolute Gasteiger partial charge is 0.339 e. The third-order valence-electron chi connectivity index (χ3n) is 2.49. The second-order valence-electron chi connectivity index (χ2n) is 4.19. The number of nitrogens with zero attached hydrogens (tertiary/aromatic N) is 1. The number of likely N-dealkylation sites (tertiary alicyclic amines) is 1. The van der Waals surface area contributed by atoms with Gasteiger partial charge in [-0.25, -0.2) is 0 Å². The lowest BCUT2D eigenvalue weighted by Gasteiger charge is -2.34. The van der Waals surface area contributed by atoms with E-state index < -0.39 is 0 Å². The third-order valence-corrected chi connectivity index (χ3v) is 2.49. The van der Waals surface area contributed by atoms with Crippen LogP contribution in [-0.2, 0) is 4.79 Å². The predicted molar refractivity (Wildman–Crippen MR) is 54.3 cm³/mol. The zero-order chi connectivity index (χ0) is 9.84. The van der Waals surface area contributed by atoms with E-state index in [0.29, 0.717) is 11.8 Å². The Labute approximate surface area is 80.6 Å². The molecule has 1 fully saturated rings. The molecule has 0 saturated carbocycles. The number of hydrogen-bond acceptors (Lipinski definition) is 1. The van der Waals surface area contributed by atoms with E-state index >= 15 is 0 Å². The van der Waals surface area contributed by atoms with Crippen LogP contribution >= 0.6 is 0 Å². The summed E-state index contributed by atoms with van der Waals surface area (Å²) in [6.45, 7) is 8.16. The van der Waals surface area contributed by atoms with E-state index in [2.05, 4.69) is 13.8 Å². The van der Waals surface area contributed by atoms with Gasteiger partial charge in [0, 0.05) is 13.1 Å². The van der Waals surface area contributed by atoms with Crippen molar-refractivity contribution in [3.05, 3.63) is 12.2 Å². The summed E-state index contributed by atoms with van der Waals surface area (Å²) in [5, 5.41) is 0. The Morgan fingerprint density at radius 2 is 1.85 bits per heavy atom. The van der Waals surface area contributed by atoms with Crippen LogP contribution in [0.4, 0.5) is 0 Å². The number of piperidine rings is 1. The molecule has 0 spiro atoms. The van der Waals surface area contributed by atoms with Crippen LogP contribution in [0.5, 0.6) is 0 Å². The first-order valence-electron chi connectivity index (χ1n) is 5.05. The van der Waals surface area contributed by atoms with E-state index in [1.165, 1.54) is 6.42 Å². The van der Waals surface area contributed by atoms with Crippen molar-refractivity contribution in [3.8, 4) is 0 Å². The van der Waals surface area contributed by atoms with E-state index in [-0.39, 0.29) is 5.91 Å². The molecule has 0 radical (unpaired) electrons. The van der Waals surface area contributed by atoms with Crippen molar-refractivity contribution in [1.82, 2.24) is 4.90 Å². The molecule has 1 rings (SSSR count). The molecule has 0 aliphatic carbocycles. The highest BCUT2D eigenvalue weighted by Crippen LogP contribution is 2.20. The van der Waals surface area contributed by atoms with Crippen molar-refractivity contribution in [3.63, 3.8) is 0 Å². The maximum absolute atomic E-state index is 11.5. The predicted octanol–water partition coefficient (Wildman–Crippen LogP) is 2.07. The van der Waals surface area contributed by atoms with Gasteiger partial charge >= 0.3 is 0 Å². The third kappa shape index (κ3) is 2.87. The van der Waals surface area contributed by atoms with Crippen molar-refractivity contribution >= 4 is 5.91 Å². The Morgan fingerprint density at radius 1 is 1.31 bits per heavy atom. The van der Waals surface area contributed by atoms with E-state index in [4.69, 9.17) is 0 Å². The lowest BCUT2D eigenvalue weighted by atomic mass is 9.92. The summed E-state index contributed by atoms with van der Waals surface area (Å²) in [6, 6.07) is 0. The molecule has 74 valence electrons. The summed E-state index contributed by atoms with van der Waals surface area (Å²) in [4.78, 5) is 13.5. The highest BCUT2D eigenvalue weighted by atomic mass is 16.2. The summed E-state index contributed by atoms with van der Waals surface area (Å²) in [7, 11) is 0. The van der Waals surface area contributed by atoms with E-state index in [1.54, 1.807) is 6.08 Å². The molecule has 1 aliphatic rings. The minimum Gasteiger partial charge on any atom is -0.339 e. The van der Waals surface area contributed by atoms with Gasteiger partial charge in [0.05, 0.1) is 0 Å². The van der Waals surface area contributed by atoms with Crippen LogP contribution in [-0.4, -0.2) is 23.9 Å². The van der Waals surface area contributed by atoms with Gasteiger partial charge in [0.2, 0.25) is 5.91 Å². The van der Waals surface area contributed by atoms with Crippen LogP contribution in [0.15, 0.2) is 12.2 Å². The molecule has 0 aromatic heterocycles. The molecule has 0 aromatic carbocycles. The smallest absolute Gasteiger partial charge is 0.246 e. The Hall–Kier alpha value is -0.790. The molecule has 1 amide bonds. The summed E-state index contributed by atoms with van der Waals surface area (Å²) in [6.07, 6.45) is 4.72. The average molecular weight is 181 g/mol. The highest BCUT2D eigenvalue weighted by Gasteiger charge is 2.23. The summed E-state index contributed by atoms with van der Waals surface area (Å²) >= 11 is 0. The molecule has 0 N–H and O–H groups in total. The molecule has 0 aromatic rings. The van der Waals surface area contributed by atoms with E-state index in [9.17, 15) is 4.79 Å². The number of carbonyl (C=O) groups is 1. The molecule has 2 unspecified atom stereocenters. The van der Waals surface area contributed by atoms with Gasteiger partial charge in [0.1, 0.15) is 0 Å². The molecule has 1 aliphatic heterocycles. The van der Waals surface area contributed by atoms with E-state index in [1.807, 2.05) is 17.9 Å². The quantitative estimate of drug-likeness (QED) is 0.567. The Bertz CT molecular complexity index is 200. The molecular weight excluding hydrogens is 162 g/mol. The normalized spacial score (nSPS) is 29.6. The Balaban J connectivity index is 2.54. The fraction of sp³-hybridized carbons (Fsp3) is 0.727. The maximum atomic E-state index is 11.5. The lowest BCUT2D eigenvalue weighted by Crippen LogP contribution is -2.41. The Morgan fingerprint density at radius 3 is 2.31 bits per heavy atom. The molecule has 2 atom stereocenters. The first-order chi connectivity index (χ1) is 6.13. The first kappa shape index (κ1) is 10.3. The number of rotatable bonds is 1. The van der Waals surface area contributed by atoms with Crippen LogP contribution < -0.4 is 0 Å². The molecule has 1 heterocycles.